The molecular weight excluding hydrogens is 346 g/mol. The molecule has 7 nitrogen and oxygen atoms in total. The number of amides is 3. The van der Waals surface area contributed by atoms with Gasteiger partial charge >= 0.3 is 12.0 Å². The van der Waals surface area contributed by atoms with Crippen molar-refractivity contribution in [1.82, 2.24) is 15.1 Å². The van der Waals surface area contributed by atoms with Gasteiger partial charge in [0, 0.05) is 32.6 Å². The van der Waals surface area contributed by atoms with Crippen LogP contribution in [0.4, 0.5) is 4.79 Å². The van der Waals surface area contributed by atoms with Crippen molar-refractivity contribution >= 4 is 17.9 Å². The second-order valence-electron chi connectivity index (χ2n) is 7.35. The van der Waals surface area contributed by atoms with Crippen LogP contribution in [0.2, 0.25) is 0 Å². The molecule has 1 unspecified atom stereocenters. The number of carbonyl (C=O) groups is 3. The van der Waals surface area contributed by atoms with Gasteiger partial charge in [0.1, 0.15) is 6.04 Å². The van der Waals surface area contributed by atoms with Crippen LogP contribution in [-0.2, 0) is 16.0 Å². The van der Waals surface area contributed by atoms with Crippen LogP contribution in [0.15, 0.2) is 30.3 Å². The number of carboxylic acids is 1. The molecule has 2 aliphatic heterocycles. The van der Waals surface area contributed by atoms with Crippen LogP contribution >= 0.6 is 0 Å². The molecule has 2 saturated heterocycles. The normalized spacial score (nSPS) is 21.0. The number of piperidine rings is 1. The van der Waals surface area contributed by atoms with Crippen molar-refractivity contribution in [2.45, 2.75) is 38.1 Å². The highest BCUT2D eigenvalue weighted by Gasteiger charge is 2.33. The molecule has 146 valence electrons. The lowest BCUT2D eigenvalue weighted by molar-refractivity contribution is -0.142. The first kappa shape index (κ1) is 19.2. The van der Waals surface area contributed by atoms with Gasteiger partial charge in [-0.05, 0) is 31.2 Å². The second kappa shape index (κ2) is 8.88. The van der Waals surface area contributed by atoms with Crippen molar-refractivity contribution in [3.05, 3.63) is 35.9 Å². The summed E-state index contributed by atoms with van der Waals surface area (Å²) in [6.45, 7) is 2.58. The molecule has 7 heteroatoms. The third kappa shape index (κ3) is 4.99. The van der Waals surface area contributed by atoms with E-state index < -0.39 is 12.0 Å². The minimum Gasteiger partial charge on any atom is -0.480 e. The SMILES string of the molecule is O=C(N[C@@H](Cc1ccccc1)C(=O)O)C1CCCN(C(=O)N2CCCC2)C1. The van der Waals surface area contributed by atoms with E-state index in [1.165, 1.54) is 0 Å². The quantitative estimate of drug-likeness (QED) is 0.822. The van der Waals surface area contributed by atoms with Gasteiger partial charge < -0.3 is 20.2 Å². The number of likely N-dealkylation sites (tertiary alicyclic amines) is 2. The molecule has 2 heterocycles. The van der Waals surface area contributed by atoms with Crippen LogP contribution in [0.25, 0.3) is 0 Å². The Morgan fingerprint density at radius 3 is 2.37 bits per heavy atom. The van der Waals surface area contributed by atoms with E-state index in [9.17, 15) is 19.5 Å². The fourth-order valence-electron chi connectivity index (χ4n) is 3.81. The fourth-order valence-corrected chi connectivity index (χ4v) is 3.81. The topological polar surface area (TPSA) is 90.0 Å². The Kier molecular flexibility index (Phi) is 6.32. The summed E-state index contributed by atoms with van der Waals surface area (Å²) >= 11 is 0. The molecule has 2 atom stereocenters. The van der Waals surface area contributed by atoms with E-state index in [2.05, 4.69) is 5.32 Å². The maximum absolute atomic E-state index is 12.7. The van der Waals surface area contributed by atoms with E-state index in [1.54, 1.807) is 4.90 Å². The summed E-state index contributed by atoms with van der Waals surface area (Å²) in [4.78, 5) is 40.4. The maximum Gasteiger partial charge on any atom is 0.326 e. The molecule has 0 saturated carbocycles. The van der Waals surface area contributed by atoms with Crippen molar-refractivity contribution in [3.8, 4) is 0 Å². The van der Waals surface area contributed by atoms with Crippen LogP contribution in [0, 0.1) is 5.92 Å². The molecule has 0 bridgehead atoms. The second-order valence-corrected chi connectivity index (χ2v) is 7.35. The van der Waals surface area contributed by atoms with E-state index in [-0.39, 0.29) is 24.3 Å². The summed E-state index contributed by atoms with van der Waals surface area (Å²) in [5.41, 5.74) is 0.861. The Labute approximate surface area is 159 Å². The number of rotatable bonds is 5. The summed E-state index contributed by atoms with van der Waals surface area (Å²) in [5.74, 6) is -1.69. The number of hydrogen-bond acceptors (Lipinski definition) is 3. The van der Waals surface area contributed by atoms with E-state index >= 15 is 0 Å². The molecule has 0 aliphatic carbocycles. The van der Waals surface area contributed by atoms with Crippen molar-refractivity contribution in [2.24, 2.45) is 5.92 Å². The van der Waals surface area contributed by atoms with E-state index in [0.717, 1.165) is 37.9 Å². The van der Waals surface area contributed by atoms with E-state index in [4.69, 9.17) is 0 Å². The van der Waals surface area contributed by atoms with Gasteiger partial charge in [-0.2, -0.15) is 0 Å². The van der Waals surface area contributed by atoms with Crippen LogP contribution in [0.1, 0.15) is 31.2 Å². The highest BCUT2D eigenvalue weighted by molar-refractivity contribution is 5.86. The largest absolute Gasteiger partial charge is 0.480 e. The lowest BCUT2D eigenvalue weighted by Gasteiger charge is -2.35. The number of nitrogens with one attached hydrogen (secondary N) is 1. The summed E-state index contributed by atoms with van der Waals surface area (Å²) in [5, 5.41) is 12.2. The lowest BCUT2D eigenvalue weighted by Crippen LogP contribution is -2.52. The molecule has 0 spiro atoms. The van der Waals surface area contributed by atoms with Crippen molar-refractivity contribution in [2.75, 3.05) is 26.2 Å². The monoisotopic (exact) mass is 373 g/mol. The minimum atomic E-state index is -1.05. The van der Waals surface area contributed by atoms with Gasteiger partial charge in [0.15, 0.2) is 0 Å². The summed E-state index contributed by atoms with van der Waals surface area (Å²) in [6, 6.07) is 8.29. The summed E-state index contributed by atoms with van der Waals surface area (Å²) in [7, 11) is 0. The number of urea groups is 1. The third-order valence-electron chi connectivity index (χ3n) is 5.34. The lowest BCUT2D eigenvalue weighted by atomic mass is 9.96. The van der Waals surface area contributed by atoms with Gasteiger partial charge in [0.05, 0.1) is 5.92 Å². The molecule has 2 N–H and O–H groups in total. The number of hydrogen-bond donors (Lipinski definition) is 2. The number of carboxylic acid groups (broad SMARTS) is 1. The molecular formula is C20H27N3O4. The Hall–Kier alpha value is -2.57. The van der Waals surface area contributed by atoms with Crippen molar-refractivity contribution < 1.29 is 19.5 Å². The molecule has 1 aromatic carbocycles. The highest BCUT2D eigenvalue weighted by atomic mass is 16.4. The van der Waals surface area contributed by atoms with Crippen LogP contribution in [-0.4, -0.2) is 65.0 Å². The van der Waals surface area contributed by atoms with Gasteiger partial charge in [-0.3, -0.25) is 4.79 Å². The van der Waals surface area contributed by atoms with E-state index in [0.29, 0.717) is 19.5 Å². The molecule has 3 rings (SSSR count). The summed E-state index contributed by atoms with van der Waals surface area (Å²) in [6.07, 6.45) is 3.74. The molecule has 1 aromatic rings. The van der Waals surface area contributed by atoms with Crippen molar-refractivity contribution in [1.29, 1.82) is 0 Å². The molecule has 3 amide bonds. The van der Waals surface area contributed by atoms with Gasteiger partial charge in [-0.25, -0.2) is 9.59 Å². The Balaban J connectivity index is 1.58. The van der Waals surface area contributed by atoms with Gasteiger partial charge in [-0.15, -0.1) is 0 Å². The zero-order valence-corrected chi connectivity index (χ0v) is 15.5. The predicted octanol–water partition coefficient (Wildman–Crippen LogP) is 1.73. The molecule has 0 aromatic heterocycles. The zero-order valence-electron chi connectivity index (χ0n) is 15.5. The van der Waals surface area contributed by atoms with Crippen LogP contribution in [0.3, 0.4) is 0 Å². The van der Waals surface area contributed by atoms with Gasteiger partial charge in [0.2, 0.25) is 5.91 Å². The zero-order chi connectivity index (χ0) is 19.2. The Morgan fingerprint density at radius 2 is 1.70 bits per heavy atom. The maximum atomic E-state index is 12.7. The molecule has 2 aliphatic rings. The molecule has 0 radical (unpaired) electrons. The van der Waals surface area contributed by atoms with Gasteiger partial charge in [0.25, 0.3) is 0 Å². The first-order chi connectivity index (χ1) is 13.0. The average Bonchev–Trinajstić information content (AvgIpc) is 3.22. The molecule has 2 fully saturated rings. The third-order valence-corrected chi connectivity index (χ3v) is 5.34. The average molecular weight is 373 g/mol. The first-order valence-electron chi connectivity index (χ1n) is 9.65. The Morgan fingerprint density at radius 1 is 1.04 bits per heavy atom. The molecule has 27 heavy (non-hydrogen) atoms. The van der Waals surface area contributed by atoms with Crippen LogP contribution < -0.4 is 5.32 Å². The number of nitrogens with zero attached hydrogens (tertiary/aromatic N) is 2. The van der Waals surface area contributed by atoms with Crippen LogP contribution in [0.5, 0.6) is 0 Å². The fraction of sp³-hybridized carbons (Fsp3) is 0.550. The standard InChI is InChI=1S/C20H27N3O4/c24-18(21-17(19(25)26)13-15-7-2-1-3-8-15)16-9-6-12-23(14-16)20(27)22-10-4-5-11-22/h1-3,7-8,16-17H,4-6,9-14H2,(H,21,24)(H,25,26)/t16?,17-/m0/s1. The number of aliphatic carboxylic acids is 1. The predicted molar refractivity (Wildman–Crippen MR) is 100 cm³/mol. The highest BCUT2D eigenvalue weighted by Crippen LogP contribution is 2.20. The summed E-state index contributed by atoms with van der Waals surface area (Å²) < 4.78 is 0. The van der Waals surface area contributed by atoms with Gasteiger partial charge in [-0.1, -0.05) is 30.3 Å². The van der Waals surface area contributed by atoms with Crippen molar-refractivity contribution in [3.63, 3.8) is 0 Å². The van der Waals surface area contributed by atoms with E-state index in [1.807, 2.05) is 35.2 Å². The Bertz CT molecular complexity index is 673. The first-order valence-corrected chi connectivity index (χ1v) is 9.65. The number of benzene rings is 1. The smallest absolute Gasteiger partial charge is 0.326 e. The minimum absolute atomic E-state index is 0.00377. The number of carbonyl (C=O) groups excluding carboxylic acids is 2.